The smallest absolute Gasteiger partial charge is 0.274 e. The molecule has 1 aliphatic heterocycles. The number of nitrogens with zero attached hydrogens (tertiary/aromatic N) is 3. The van der Waals surface area contributed by atoms with Crippen LogP contribution < -0.4 is 20.1 Å². The average Bonchev–Trinajstić information content (AvgIpc) is 3.15. The van der Waals surface area contributed by atoms with Gasteiger partial charge in [-0.05, 0) is 69.4 Å². The van der Waals surface area contributed by atoms with Crippen LogP contribution in [0.3, 0.4) is 0 Å². The van der Waals surface area contributed by atoms with Crippen LogP contribution in [-0.2, 0) is 13.5 Å². The molecule has 1 aromatic carbocycles. The number of ether oxygens (including phenoxy) is 2. The molecule has 1 amide bonds. The quantitative estimate of drug-likeness (QED) is 0.557. The van der Waals surface area contributed by atoms with Crippen LogP contribution in [0.1, 0.15) is 49.2 Å². The van der Waals surface area contributed by atoms with Crippen molar-refractivity contribution in [1.82, 2.24) is 20.0 Å². The second-order valence-corrected chi connectivity index (χ2v) is 8.07. The third kappa shape index (κ3) is 6.12. The molecule has 1 fully saturated rings. The Morgan fingerprint density at radius 3 is 2.56 bits per heavy atom. The van der Waals surface area contributed by atoms with Gasteiger partial charge in [0.2, 0.25) is 0 Å². The van der Waals surface area contributed by atoms with Crippen LogP contribution in [0.25, 0.3) is 0 Å². The largest absolute Gasteiger partial charge is 0.490 e. The number of aryl methyl sites for hydroxylation is 1. The summed E-state index contributed by atoms with van der Waals surface area (Å²) in [4.78, 5) is 14.9. The van der Waals surface area contributed by atoms with Crippen molar-refractivity contribution >= 4 is 28.9 Å². The van der Waals surface area contributed by atoms with E-state index in [0.29, 0.717) is 36.3 Å². The van der Waals surface area contributed by atoms with Crippen LogP contribution >= 0.6 is 12.2 Å². The van der Waals surface area contributed by atoms with Crippen molar-refractivity contribution in [2.45, 2.75) is 39.5 Å². The molecule has 1 aliphatic rings. The first-order chi connectivity index (χ1) is 15.5. The van der Waals surface area contributed by atoms with E-state index in [1.807, 2.05) is 36.9 Å². The predicted octanol–water partition coefficient (Wildman–Crippen LogP) is 3.37. The predicted molar refractivity (Wildman–Crippen MR) is 130 cm³/mol. The number of hydrogen-bond donors (Lipinski definition) is 2. The second kappa shape index (κ2) is 11.7. The van der Waals surface area contributed by atoms with Gasteiger partial charge in [-0.3, -0.25) is 9.48 Å². The number of thiocarbonyl (C=S) groups is 1. The maximum absolute atomic E-state index is 13.0. The SMILES string of the molecule is CCOc1ccc(CCNC(=S)Nc2cnn(C)c2C(=O)N2CCCCC2)cc1OCC. The zero-order valence-electron chi connectivity index (χ0n) is 19.1. The fourth-order valence-corrected chi connectivity index (χ4v) is 3.98. The third-order valence-corrected chi connectivity index (χ3v) is 5.59. The van der Waals surface area contributed by atoms with Crippen LogP contribution in [0.4, 0.5) is 5.69 Å². The molecule has 2 N–H and O–H groups in total. The lowest BCUT2D eigenvalue weighted by molar-refractivity contribution is 0.0714. The fourth-order valence-electron chi connectivity index (χ4n) is 3.77. The molecule has 1 saturated heterocycles. The van der Waals surface area contributed by atoms with Crippen molar-refractivity contribution in [3.8, 4) is 11.5 Å². The molecule has 8 nitrogen and oxygen atoms in total. The van der Waals surface area contributed by atoms with E-state index in [4.69, 9.17) is 21.7 Å². The summed E-state index contributed by atoms with van der Waals surface area (Å²) >= 11 is 5.46. The lowest BCUT2D eigenvalue weighted by atomic mass is 10.1. The van der Waals surface area contributed by atoms with Gasteiger partial charge in [-0.25, -0.2) is 0 Å². The maximum Gasteiger partial charge on any atom is 0.274 e. The number of hydrogen-bond acceptors (Lipinski definition) is 5. The molecular weight excluding hydrogens is 426 g/mol. The first-order valence-corrected chi connectivity index (χ1v) is 11.7. The molecule has 32 heavy (non-hydrogen) atoms. The van der Waals surface area contributed by atoms with Crippen LogP contribution in [-0.4, -0.2) is 58.5 Å². The molecule has 0 spiro atoms. The molecule has 1 aromatic heterocycles. The van der Waals surface area contributed by atoms with Gasteiger partial charge in [0.25, 0.3) is 5.91 Å². The summed E-state index contributed by atoms with van der Waals surface area (Å²) in [7, 11) is 1.78. The second-order valence-electron chi connectivity index (χ2n) is 7.66. The number of carbonyl (C=O) groups excluding carboxylic acids is 1. The molecule has 0 aliphatic carbocycles. The molecule has 9 heteroatoms. The van der Waals surface area contributed by atoms with E-state index in [9.17, 15) is 4.79 Å². The summed E-state index contributed by atoms with van der Waals surface area (Å²) in [6, 6.07) is 5.97. The Kier molecular flexibility index (Phi) is 8.72. The van der Waals surface area contributed by atoms with Gasteiger partial charge in [-0.1, -0.05) is 6.07 Å². The third-order valence-electron chi connectivity index (χ3n) is 5.34. The number of amides is 1. The normalized spacial score (nSPS) is 13.5. The summed E-state index contributed by atoms with van der Waals surface area (Å²) in [6.07, 6.45) is 5.67. The zero-order chi connectivity index (χ0) is 22.9. The Hall–Kier alpha value is -2.81. The number of aromatic nitrogens is 2. The van der Waals surface area contributed by atoms with E-state index < -0.39 is 0 Å². The Morgan fingerprint density at radius 1 is 1.12 bits per heavy atom. The van der Waals surface area contributed by atoms with Gasteiger partial charge in [0, 0.05) is 26.7 Å². The summed E-state index contributed by atoms with van der Waals surface area (Å²) < 4.78 is 12.9. The lowest BCUT2D eigenvalue weighted by Crippen LogP contribution is -2.37. The van der Waals surface area contributed by atoms with Crippen molar-refractivity contribution in [1.29, 1.82) is 0 Å². The van der Waals surface area contributed by atoms with Gasteiger partial charge >= 0.3 is 0 Å². The highest BCUT2D eigenvalue weighted by molar-refractivity contribution is 7.80. The van der Waals surface area contributed by atoms with Crippen LogP contribution in [0.5, 0.6) is 11.5 Å². The minimum atomic E-state index is -0.00663. The number of rotatable bonds is 9. The number of benzene rings is 1. The Bertz CT molecular complexity index is 924. The molecule has 0 unspecified atom stereocenters. The lowest BCUT2D eigenvalue weighted by Gasteiger charge is -2.27. The molecule has 0 atom stereocenters. The minimum absolute atomic E-state index is 0.00663. The molecular formula is C23H33N5O3S. The summed E-state index contributed by atoms with van der Waals surface area (Å²) in [5.41, 5.74) is 2.28. The highest BCUT2D eigenvalue weighted by atomic mass is 32.1. The van der Waals surface area contributed by atoms with Gasteiger partial charge in [-0.15, -0.1) is 0 Å². The van der Waals surface area contributed by atoms with Crippen molar-refractivity contribution in [3.63, 3.8) is 0 Å². The Morgan fingerprint density at radius 2 is 1.84 bits per heavy atom. The van der Waals surface area contributed by atoms with Crippen molar-refractivity contribution in [2.75, 3.05) is 38.2 Å². The van der Waals surface area contributed by atoms with Crippen LogP contribution in [0.15, 0.2) is 24.4 Å². The van der Waals surface area contributed by atoms with E-state index in [1.54, 1.807) is 17.9 Å². The molecule has 174 valence electrons. The van der Waals surface area contributed by atoms with Gasteiger partial charge < -0.3 is 25.0 Å². The molecule has 3 rings (SSSR count). The first kappa shape index (κ1) is 23.8. The van der Waals surface area contributed by atoms with Gasteiger partial charge in [0.1, 0.15) is 5.69 Å². The van der Waals surface area contributed by atoms with E-state index in [2.05, 4.69) is 15.7 Å². The standard InChI is InChI=1S/C23H33N5O3S/c1-4-30-19-10-9-17(15-20(19)31-5-2)11-12-24-23(32)26-18-16-25-27(3)21(18)22(29)28-13-7-6-8-14-28/h9-10,15-16H,4-8,11-14H2,1-3H3,(H2,24,26,32). The summed E-state index contributed by atoms with van der Waals surface area (Å²) in [5.74, 6) is 1.50. The van der Waals surface area contributed by atoms with E-state index in [0.717, 1.165) is 49.4 Å². The van der Waals surface area contributed by atoms with Crippen LogP contribution in [0, 0.1) is 0 Å². The van der Waals surface area contributed by atoms with Crippen molar-refractivity contribution < 1.29 is 14.3 Å². The van der Waals surface area contributed by atoms with Crippen molar-refractivity contribution in [3.05, 3.63) is 35.7 Å². The molecule has 2 aromatic rings. The molecule has 0 saturated carbocycles. The maximum atomic E-state index is 13.0. The topological polar surface area (TPSA) is 80.7 Å². The summed E-state index contributed by atoms with van der Waals surface area (Å²) in [5, 5.41) is 11.1. The number of carbonyl (C=O) groups is 1. The fraction of sp³-hybridized carbons (Fsp3) is 0.522. The van der Waals surface area contributed by atoms with E-state index >= 15 is 0 Å². The number of piperidine rings is 1. The molecule has 0 bridgehead atoms. The Balaban J connectivity index is 1.56. The monoisotopic (exact) mass is 459 g/mol. The van der Waals surface area contributed by atoms with E-state index in [1.165, 1.54) is 6.42 Å². The summed E-state index contributed by atoms with van der Waals surface area (Å²) in [6.45, 7) is 7.31. The van der Waals surface area contributed by atoms with Gasteiger partial charge in [0.05, 0.1) is 25.1 Å². The molecule has 0 radical (unpaired) electrons. The van der Waals surface area contributed by atoms with E-state index in [-0.39, 0.29) is 5.91 Å². The highest BCUT2D eigenvalue weighted by Gasteiger charge is 2.24. The zero-order valence-corrected chi connectivity index (χ0v) is 20.0. The molecule has 2 heterocycles. The van der Waals surface area contributed by atoms with Crippen molar-refractivity contribution in [2.24, 2.45) is 7.05 Å². The van der Waals surface area contributed by atoms with Gasteiger partial charge in [0.15, 0.2) is 16.6 Å². The average molecular weight is 460 g/mol. The Labute approximate surface area is 195 Å². The highest BCUT2D eigenvalue weighted by Crippen LogP contribution is 2.28. The first-order valence-electron chi connectivity index (χ1n) is 11.3. The number of anilines is 1. The number of likely N-dealkylation sites (tertiary alicyclic amines) is 1. The van der Waals surface area contributed by atoms with Crippen LogP contribution in [0.2, 0.25) is 0 Å². The number of nitrogens with one attached hydrogen (secondary N) is 2. The minimum Gasteiger partial charge on any atom is -0.490 e. The van der Waals surface area contributed by atoms with Gasteiger partial charge in [-0.2, -0.15) is 5.10 Å².